The summed E-state index contributed by atoms with van der Waals surface area (Å²) < 4.78 is 15.1. The predicted octanol–water partition coefficient (Wildman–Crippen LogP) is 3.94. The van der Waals surface area contributed by atoms with Crippen molar-refractivity contribution < 1.29 is 23.8 Å². The summed E-state index contributed by atoms with van der Waals surface area (Å²) in [6.07, 6.45) is 5.08. The second kappa shape index (κ2) is 5.39. The first-order valence-electron chi connectivity index (χ1n) is 7.17. The molecular formula is C14H22O5. The molecule has 0 amide bonds. The molecule has 0 aliphatic heterocycles. The molecule has 2 aliphatic carbocycles. The topological polar surface area (TPSA) is 61.8 Å². The average molecular weight is 270 g/mol. The van der Waals surface area contributed by atoms with Crippen molar-refractivity contribution in [3.63, 3.8) is 0 Å². The lowest BCUT2D eigenvalue weighted by molar-refractivity contribution is -0.1000. The summed E-state index contributed by atoms with van der Waals surface area (Å²) in [5, 5.41) is 0. The van der Waals surface area contributed by atoms with Gasteiger partial charge in [0, 0.05) is 0 Å². The molecule has 19 heavy (non-hydrogen) atoms. The zero-order valence-corrected chi connectivity index (χ0v) is 11.7. The largest absolute Gasteiger partial charge is 0.519 e. The fourth-order valence-corrected chi connectivity index (χ4v) is 2.66. The molecule has 0 N–H and O–H groups in total. The molecule has 0 saturated heterocycles. The lowest BCUT2D eigenvalue weighted by atomic mass is 9.78. The molecule has 0 aromatic rings. The Kier molecular flexibility index (Phi) is 4.02. The van der Waals surface area contributed by atoms with E-state index in [2.05, 4.69) is 4.74 Å². The van der Waals surface area contributed by atoms with Crippen molar-refractivity contribution >= 4 is 12.3 Å². The Hall–Kier alpha value is -1.26. The maximum atomic E-state index is 11.6. The third-order valence-corrected chi connectivity index (χ3v) is 4.58. The molecular weight excluding hydrogens is 248 g/mol. The van der Waals surface area contributed by atoms with E-state index in [4.69, 9.17) is 9.47 Å². The predicted molar refractivity (Wildman–Crippen MR) is 67.8 cm³/mol. The Labute approximate surface area is 113 Å². The molecule has 0 atom stereocenters. The first-order chi connectivity index (χ1) is 9.03. The van der Waals surface area contributed by atoms with Crippen LogP contribution >= 0.6 is 0 Å². The highest BCUT2D eigenvalue weighted by Crippen LogP contribution is 2.40. The summed E-state index contributed by atoms with van der Waals surface area (Å²) in [7, 11) is 0. The van der Waals surface area contributed by atoms with Crippen LogP contribution in [0.5, 0.6) is 0 Å². The van der Waals surface area contributed by atoms with Crippen LogP contribution in [0.25, 0.3) is 0 Å². The first-order valence-corrected chi connectivity index (χ1v) is 7.17. The maximum absolute atomic E-state index is 11.6. The minimum atomic E-state index is -0.933. The molecule has 0 unspecified atom stereocenters. The van der Waals surface area contributed by atoms with Gasteiger partial charge >= 0.3 is 12.3 Å². The van der Waals surface area contributed by atoms with E-state index in [-0.39, 0.29) is 0 Å². The molecule has 0 aromatic heterocycles. The van der Waals surface area contributed by atoms with Gasteiger partial charge < -0.3 is 14.2 Å². The number of rotatable bonds is 4. The van der Waals surface area contributed by atoms with Crippen LogP contribution in [0.4, 0.5) is 9.59 Å². The Bertz CT molecular complexity index is 310. The van der Waals surface area contributed by atoms with Gasteiger partial charge in [0.05, 0.1) is 0 Å². The average Bonchev–Trinajstić information content (AvgIpc) is 2.28. The minimum absolute atomic E-state index is 0.420. The molecule has 5 nitrogen and oxygen atoms in total. The molecule has 108 valence electrons. The zero-order chi connectivity index (χ0) is 13.9. The number of ether oxygens (including phenoxy) is 3. The van der Waals surface area contributed by atoms with Crippen molar-refractivity contribution in [2.75, 3.05) is 0 Å². The molecule has 0 radical (unpaired) electrons. The van der Waals surface area contributed by atoms with Crippen LogP contribution in [-0.2, 0) is 14.2 Å². The Morgan fingerprint density at radius 1 is 0.842 bits per heavy atom. The number of carbonyl (C=O) groups excluding carboxylic acids is 2. The normalized spacial score (nSPS) is 22.6. The van der Waals surface area contributed by atoms with Gasteiger partial charge in [0.25, 0.3) is 0 Å². The van der Waals surface area contributed by atoms with Gasteiger partial charge in [-0.1, -0.05) is 13.8 Å². The van der Waals surface area contributed by atoms with E-state index < -0.39 is 23.5 Å². The molecule has 0 spiro atoms. The van der Waals surface area contributed by atoms with E-state index >= 15 is 0 Å². The Balaban J connectivity index is 1.77. The number of hydrogen-bond acceptors (Lipinski definition) is 5. The highest BCUT2D eigenvalue weighted by Gasteiger charge is 2.42. The summed E-state index contributed by atoms with van der Waals surface area (Å²) >= 11 is 0. The lowest BCUT2D eigenvalue weighted by Crippen LogP contribution is -2.44. The molecule has 0 bridgehead atoms. The van der Waals surface area contributed by atoms with Crippen LogP contribution in [-0.4, -0.2) is 23.5 Å². The summed E-state index contributed by atoms with van der Waals surface area (Å²) in [5.74, 6) is 0. The molecule has 2 rings (SSSR count). The highest BCUT2D eigenvalue weighted by atomic mass is 16.8. The fraction of sp³-hybridized carbons (Fsp3) is 0.857. The van der Waals surface area contributed by atoms with Crippen molar-refractivity contribution in [3.8, 4) is 0 Å². The van der Waals surface area contributed by atoms with E-state index in [1.54, 1.807) is 0 Å². The van der Waals surface area contributed by atoms with Gasteiger partial charge in [-0.05, 0) is 51.4 Å². The van der Waals surface area contributed by atoms with Gasteiger partial charge in [-0.2, -0.15) is 0 Å². The van der Waals surface area contributed by atoms with Crippen LogP contribution in [0.2, 0.25) is 0 Å². The van der Waals surface area contributed by atoms with E-state index in [0.29, 0.717) is 0 Å². The third-order valence-electron chi connectivity index (χ3n) is 4.58. The second-order valence-electron chi connectivity index (χ2n) is 5.59. The summed E-state index contributed by atoms with van der Waals surface area (Å²) in [6, 6.07) is 0. The van der Waals surface area contributed by atoms with Crippen LogP contribution in [0.3, 0.4) is 0 Å². The van der Waals surface area contributed by atoms with E-state index in [1.807, 2.05) is 13.8 Å². The SMILES string of the molecule is CCC1(OC(=O)OC(=O)OC2(CC)CCC2)CCC1. The van der Waals surface area contributed by atoms with Crippen molar-refractivity contribution in [2.24, 2.45) is 0 Å². The smallest absolute Gasteiger partial charge is 0.427 e. The van der Waals surface area contributed by atoms with Crippen LogP contribution < -0.4 is 0 Å². The third kappa shape index (κ3) is 3.01. The zero-order valence-electron chi connectivity index (χ0n) is 11.7. The molecule has 2 aliphatic rings. The van der Waals surface area contributed by atoms with Gasteiger partial charge in [-0.25, -0.2) is 9.59 Å². The molecule has 0 heterocycles. The van der Waals surface area contributed by atoms with Gasteiger partial charge in [-0.15, -0.1) is 0 Å². The van der Waals surface area contributed by atoms with E-state index in [9.17, 15) is 9.59 Å². The monoisotopic (exact) mass is 270 g/mol. The lowest BCUT2D eigenvalue weighted by Gasteiger charge is -2.40. The van der Waals surface area contributed by atoms with Crippen molar-refractivity contribution in [1.82, 2.24) is 0 Å². The Morgan fingerprint density at radius 3 is 1.42 bits per heavy atom. The van der Waals surface area contributed by atoms with Crippen LogP contribution in [0.15, 0.2) is 0 Å². The number of hydrogen-bond donors (Lipinski definition) is 0. The molecule has 0 aromatic carbocycles. The quantitative estimate of drug-likeness (QED) is 0.572. The summed E-state index contributed by atoms with van der Waals surface area (Å²) in [5.41, 5.74) is -0.841. The van der Waals surface area contributed by atoms with E-state index in [1.165, 1.54) is 0 Å². The van der Waals surface area contributed by atoms with Gasteiger partial charge in [0.1, 0.15) is 11.2 Å². The molecule has 2 saturated carbocycles. The van der Waals surface area contributed by atoms with Crippen molar-refractivity contribution in [1.29, 1.82) is 0 Å². The molecule has 2 fully saturated rings. The first kappa shape index (κ1) is 14.2. The van der Waals surface area contributed by atoms with Gasteiger partial charge in [0.15, 0.2) is 0 Å². The van der Waals surface area contributed by atoms with Crippen molar-refractivity contribution in [2.45, 2.75) is 76.4 Å². The van der Waals surface area contributed by atoms with Crippen LogP contribution in [0, 0.1) is 0 Å². The maximum Gasteiger partial charge on any atom is 0.519 e. The Morgan fingerprint density at radius 2 is 1.21 bits per heavy atom. The standard InChI is InChI=1S/C14H22O5/c1-3-13(7-5-8-13)18-11(15)17-12(16)19-14(4-2)9-6-10-14/h3-10H2,1-2H3. The summed E-state index contributed by atoms with van der Waals surface area (Å²) in [4.78, 5) is 23.1. The van der Waals surface area contributed by atoms with Crippen LogP contribution in [0.1, 0.15) is 65.2 Å². The fourth-order valence-electron chi connectivity index (χ4n) is 2.66. The van der Waals surface area contributed by atoms with Gasteiger partial charge in [-0.3, -0.25) is 0 Å². The van der Waals surface area contributed by atoms with Gasteiger partial charge in [0.2, 0.25) is 0 Å². The molecule has 5 heteroatoms. The van der Waals surface area contributed by atoms with Crippen molar-refractivity contribution in [3.05, 3.63) is 0 Å². The van der Waals surface area contributed by atoms with E-state index in [0.717, 1.165) is 51.4 Å². The minimum Gasteiger partial charge on any atom is -0.427 e. The second-order valence-corrected chi connectivity index (χ2v) is 5.59. The number of carbonyl (C=O) groups is 2. The highest BCUT2D eigenvalue weighted by molar-refractivity contribution is 5.77. The summed E-state index contributed by atoms with van der Waals surface area (Å²) in [6.45, 7) is 3.93.